The van der Waals surface area contributed by atoms with Crippen LogP contribution >= 0.6 is 0 Å². The van der Waals surface area contributed by atoms with E-state index in [2.05, 4.69) is 5.32 Å². The molecular weight excluding hydrogens is 246 g/mol. The van der Waals surface area contributed by atoms with E-state index in [9.17, 15) is 17.6 Å². The summed E-state index contributed by atoms with van der Waals surface area (Å²) >= 11 is 0. The molecule has 1 rings (SSSR count). The molecule has 0 aromatic heterocycles. The van der Waals surface area contributed by atoms with Crippen LogP contribution in [-0.2, 0) is 6.18 Å². The molecule has 5 heteroatoms. The van der Waals surface area contributed by atoms with Gasteiger partial charge in [-0.15, -0.1) is 0 Å². The van der Waals surface area contributed by atoms with Crippen LogP contribution < -0.4 is 5.32 Å². The SMILES string of the molecule is CNC(C)/C(C)=C/c1ccc(F)cc1C(F)(F)F. The van der Waals surface area contributed by atoms with Crippen LogP contribution in [0.1, 0.15) is 25.0 Å². The van der Waals surface area contributed by atoms with E-state index in [1.165, 1.54) is 6.08 Å². The van der Waals surface area contributed by atoms with E-state index >= 15 is 0 Å². The highest BCUT2D eigenvalue weighted by atomic mass is 19.4. The van der Waals surface area contributed by atoms with Gasteiger partial charge in [-0.25, -0.2) is 4.39 Å². The summed E-state index contributed by atoms with van der Waals surface area (Å²) in [6, 6.07) is 2.64. The third-order valence-electron chi connectivity index (χ3n) is 2.82. The first-order valence-corrected chi connectivity index (χ1v) is 5.48. The fraction of sp³-hybridized carbons (Fsp3) is 0.385. The van der Waals surface area contributed by atoms with E-state index in [4.69, 9.17) is 0 Å². The number of benzene rings is 1. The zero-order valence-electron chi connectivity index (χ0n) is 10.4. The van der Waals surface area contributed by atoms with Crippen molar-refractivity contribution in [1.82, 2.24) is 5.32 Å². The minimum atomic E-state index is -4.56. The molecule has 0 aliphatic rings. The first-order valence-electron chi connectivity index (χ1n) is 5.48. The third-order valence-corrected chi connectivity index (χ3v) is 2.82. The molecule has 0 bridgehead atoms. The first-order chi connectivity index (χ1) is 8.25. The molecule has 0 aliphatic heterocycles. The summed E-state index contributed by atoms with van der Waals surface area (Å²) in [5.41, 5.74) is -0.233. The number of nitrogens with one attached hydrogen (secondary N) is 1. The van der Waals surface area contributed by atoms with Gasteiger partial charge in [-0.05, 0) is 38.6 Å². The Balaban J connectivity index is 3.25. The zero-order valence-corrected chi connectivity index (χ0v) is 10.4. The first kappa shape index (κ1) is 14.7. The lowest BCUT2D eigenvalue weighted by Gasteiger charge is -2.14. The highest BCUT2D eigenvalue weighted by Gasteiger charge is 2.33. The Morgan fingerprint density at radius 3 is 2.44 bits per heavy atom. The Morgan fingerprint density at radius 1 is 1.33 bits per heavy atom. The molecule has 1 atom stereocenters. The summed E-state index contributed by atoms with van der Waals surface area (Å²) in [6.07, 6.45) is -3.14. The molecule has 1 unspecified atom stereocenters. The average Bonchev–Trinajstić information content (AvgIpc) is 2.28. The van der Waals surface area contributed by atoms with Gasteiger partial charge in [0.15, 0.2) is 0 Å². The van der Waals surface area contributed by atoms with Gasteiger partial charge in [-0.3, -0.25) is 0 Å². The number of halogens is 4. The maximum Gasteiger partial charge on any atom is 0.417 e. The largest absolute Gasteiger partial charge is 0.417 e. The smallest absolute Gasteiger partial charge is 0.314 e. The van der Waals surface area contributed by atoms with Crippen molar-refractivity contribution in [2.75, 3.05) is 7.05 Å². The fourth-order valence-corrected chi connectivity index (χ4v) is 1.50. The van der Waals surface area contributed by atoms with Crippen molar-refractivity contribution in [3.63, 3.8) is 0 Å². The van der Waals surface area contributed by atoms with Gasteiger partial charge in [0, 0.05) is 6.04 Å². The summed E-state index contributed by atoms with van der Waals surface area (Å²) in [6.45, 7) is 3.56. The lowest BCUT2D eigenvalue weighted by Crippen LogP contribution is -2.22. The summed E-state index contributed by atoms with van der Waals surface area (Å²) < 4.78 is 51.2. The highest BCUT2D eigenvalue weighted by Crippen LogP contribution is 2.33. The molecule has 1 aromatic carbocycles. The van der Waals surface area contributed by atoms with Crippen molar-refractivity contribution in [3.8, 4) is 0 Å². The van der Waals surface area contributed by atoms with Crippen LogP contribution in [0.5, 0.6) is 0 Å². The summed E-state index contributed by atoms with van der Waals surface area (Å²) in [7, 11) is 1.72. The molecular formula is C13H15F4N. The van der Waals surface area contributed by atoms with Crippen LogP contribution in [0.15, 0.2) is 23.8 Å². The van der Waals surface area contributed by atoms with E-state index in [1.54, 1.807) is 14.0 Å². The molecule has 0 fully saturated rings. The van der Waals surface area contributed by atoms with Gasteiger partial charge in [-0.1, -0.05) is 17.7 Å². The Morgan fingerprint density at radius 2 is 1.94 bits per heavy atom. The Hall–Kier alpha value is -1.36. The monoisotopic (exact) mass is 261 g/mol. The molecule has 0 heterocycles. The minimum absolute atomic E-state index is 0.0245. The van der Waals surface area contributed by atoms with Crippen LogP contribution in [0, 0.1) is 5.82 Å². The fourth-order valence-electron chi connectivity index (χ4n) is 1.50. The van der Waals surface area contributed by atoms with Gasteiger partial charge in [-0.2, -0.15) is 13.2 Å². The lowest BCUT2D eigenvalue weighted by atomic mass is 10.0. The molecule has 1 nitrogen and oxygen atoms in total. The van der Waals surface area contributed by atoms with Gasteiger partial charge in [0.2, 0.25) is 0 Å². The van der Waals surface area contributed by atoms with Crippen molar-refractivity contribution in [1.29, 1.82) is 0 Å². The minimum Gasteiger partial charge on any atom is -0.314 e. The quantitative estimate of drug-likeness (QED) is 0.815. The predicted octanol–water partition coefficient (Wildman–Crippen LogP) is 3.86. The van der Waals surface area contributed by atoms with Crippen molar-refractivity contribution in [2.45, 2.75) is 26.1 Å². The van der Waals surface area contributed by atoms with Crippen LogP contribution in [0.4, 0.5) is 17.6 Å². The Kier molecular flexibility index (Phi) is 4.51. The second-order valence-electron chi connectivity index (χ2n) is 4.13. The molecule has 1 aromatic rings. The summed E-state index contributed by atoms with van der Waals surface area (Å²) in [5, 5.41) is 2.93. The van der Waals surface area contributed by atoms with Crippen LogP contribution in [0.25, 0.3) is 6.08 Å². The van der Waals surface area contributed by atoms with E-state index < -0.39 is 17.6 Å². The molecule has 0 aliphatic carbocycles. The maximum atomic E-state index is 12.9. The van der Waals surface area contributed by atoms with Crippen molar-refractivity contribution in [2.24, 2.45) is 0 Å². The number of rotatable bonds is 3. The summed E-state index contributed by atoms with van der Waals surface area (Å²) in [4.78, 5) is 0. The van der Waals surface area contributed by atoms with Gasteiger partial charge in [0.25, 0.3) is 0 Å². The molecule has 0 saturated heterocycles. The normalized spacial score (nSPS) is 14.7. The third kappa shape index (κ3) is 3.57. The number of alkyl halides is 3. The van der Waals surface area contributed by atoms with Crippen molar-refractivity contribution >= 4 is 6.08 Å². The molecule has 0 saturated carbocycles. The summed E-state index contributed by atoms with van der Waals surface area (Å²) in [5.74, 6) is -0.890. The highest BCUT2D eigenvalue weighted by molar-refractivity contribution is 5.58. The topological polar surface area (TPSA) is 12.0 Å². The maximum absolute atomic E-state index is 12.9. The standard InChI is InChI=1S/C13H15F4N/c1-8(9(2)18-3)6-10-4-5-11(14)7-12(10)13(15,16)17/h4-7,9,18H,1-3H3/b8-6+. The van der Waals surface area contributed by atoms with E-state index in [0.29, 0.717) is 6.07 Å². The van der Waals surface area contributed by atoms with Crippen molar-refractivity contribution < 1.29 is 17.6 Å². The average molecular weight is 261 g/mol. The number of likely N-dealkylation sites (N-methyl/N-ethyl adjacent to an activating group) is 1. The van der Waals surface area contributed by atoms with Gasteiger partial charge >= 0.3 is 6.18 Å². The van der Waals surface area contributed by atoms with Gasteiger partial charge < -0.3 is 5.32 Å². The van der Waals surface area contributed by atoms with E-state index in [1.807, 2.05) is 6.92 Å². The Labute approximate surface area is 104 Å². The molecule has 1 N–H and O–H groups in total. The van der Waals surface area contributed by atoms with Gasteiger partial charge in [0.05, 0.1) is 5.56 Å². The lowest BCUT2D eigenvalue weighted by molar-refractivity contribution is -0.137. The number of hydrogen-bond acceptors (Lipinski definition) is 1. The van der Waals surface area contributed by atoms with Gasteiger partial charge in [0.1, 0.15) is 5.82 Å². The number of hydrogen-bond donors (Lipinski definition) is 1. The van der Waals surface area contributed by atoms with E-state index in [-0.39, 0.29) is 11.6 Å². The van der Waals surface area contributed by atoms with Crippen LogP contribution in [-0.4, -0.2) is 13.1 Å². The molecule has 100 valence electrons. The van der Waals surface area contributed by atoms with Crippen LogP contribution in [0.2, 0.25) is 0 Å². The second kappa shape index (κ2) is 5.52. The molecule has 0 radical (unpaired) electrons. The molecule has 0 amide bonds. The predicted molar refractivity (Wildman–Crippen MR) is 63.6 cm³/mol. The molecule has 0 spiro atoms. The van der Waals surface area contributed by atoms with E-state index in [0.717, 1.165) is 17.7 Å². The zero-order chi connectivity index (χ0) is 13.9. The van der Waals surface area contributed by atoms with Crippen LogP contribution in [0.3, 0.4) is 0 Å². The second-order valence-corrected chi connectivity index (χ2v) is 4.13. The molecule has 18 heavy (non-hydrogen) atoms. The Bertz CT molecular complexity index is 449. The van der Waals surface area contributed by atoms with Crippen molar-refractivity contribution in [3.05, 3.63) is 40.7 Å².